The molecule has 0 atom stereocenters. The Labute approximate surface area is 116 Å². The Morgan fingerprint density at radius 2 is 2.26 bits per heavy atom. The topological polar surface area (TPSA) is 93.2 Å². The van der Waals surface area contributed by atoms with E-state index in [-0.39, 0.29) is 12.3 Å². The van der Waals surface area contributed by atoms with Crippen LogP contribution in [0.3, 0.4) is 0 Å². The molecule has 0 bridgehead atoms. The van der Waals surface area contributed by atoms with Gasteiger partial charge in [-0.2, -0.15) is 16.9 Å². The average Bonchev–Trinajstić information content (AvgIpc) is 2.69. The maximum atomic E-state index is 11.0. The number of anilines is 1. The van der Waals surface area contributed by atoms with Crippen LogP contribution in [0.2, 0.25) is 0 Å². The van der Waals surface area contributed by atoms with Gasteiger partial charge in [-0.15, -0.1) is 0 Å². The number of nitrogens with one attached hydrogen (secondary N) is 1. The van der Waals surface area contributed by atoms with Crippen LogP contribution < -0.4 is 5.32 Å². The summed E-state index contributed by atoms with van der Waals surface area (Å²) in [6, 6.07) is 0. The van der Waals surface area contributed by atoms with E-state index in [0.717, 1.165) is 17.9 Å². The highest BCUT2D eigenvalue weighted by Gasteiger charge is 2.24. The Hall–Kier alpha value is -1.28. The molecular formula is C11H20N4O3S. The van der Waals surface area contributed by atoms with Crippen LogP contribution in [0.25, 0.3) is 0 Å². The van der Waals surface area contributed by atoms with Gasteiger partial charge < -0.3 is 10.4 Å². The van der Waals surface area contributed by atoms with Gasteiger partial charge in [-0.1, -0.05) is 0 Å². The molecule has 0 aromatic carbocycles. The molecule has 0 amide bonds. The second-order valence-electron chi connectivity index (χ2n) is 3.97. The largest absolute Gasteiger partial charge is 0.396 e. The monoisotopic (exact) mass is 288 g/mol. The van der Waals surface area contributed by atoms with E-state index in [2.05, 4.69) is 10.4 Å². The van der Waals surface area contributed by atoms with E-state index >= 15 is 0 Å². The molecule has 1 aromatic rings. The molecule has 1 heterocycles. The molecule has 0 aliphatic rings. The zero-order valence-corrected chi connectivity index (χ0v) is 12.1. The van der Waals surface area contributed by atoms with Crippen molar-refractivity contribution < 1.29 is 10.0 Å². The van der Waals surface area contributed by atoms with Crippen LogP contribution in [0, 0.1) is 17.0 Å². The number of aryl methyl sites for hydroxylation is 2. The minimum Gasteiger partial charge on any atom is -0.396 e. The summed E-state index contributed by atoms with van der Waals surface area (Å²) in [5.41, 5.74) is 0.490. The molecule has 0 aliphatic heterocycles. The lowest BCUT2D eigenvalue weighted by Gasteiger charge is -2.07. The standard InChI is InChI=1S/C11H20N4O3S/c1-3-14-11(10(15(17)18)9(2)13-14)12-5-8-19-7-4-6-16/h12,16H,3-8H2,1-2H3. The molecule has 1 rings (SSSR count). The van der Waals surface area contributed by atoms with Crippen molar-refractivity contribution >= 4 is 23.3 Å². The van der Waals surface area contributed by atoms with Crippen molar-refractivity contribution in [2.24, 2.45) is 0 Å². The number of thioether (sulfide) groups is 1. The number of aliphatic hydroxyl groups excluding tert-OH is 1. The molecule has 0 unspecified atom stereocenters. The smallest absolute Gasteiger partial charge is 0.333 e. The number of rotatable bonds is 9. The number of hydrogen-bond donors (Lipinski definition) is 2. The normalized spacial score (nSPS) is 10.7. The molecule has 8 heteroatoms. The molecule has 1 aromatic heterocycles. The third-order valence-corrected chi connectivity index (χ3v) is 3.63. The second kappa shape index (κ2) is 8.00. The van der Waals surface area contributed by atoms with Crippen LogP contribution >= 0.6 is 11.8 Å². The van der Waals surface area contributed by atoms with E-state index < -0.39 is 4.92 Å². The lowest BCUT2D eigenvalue weighted by atomic mass is 10.4. The molecule has 0 aliphatic carbocycles. The third-order valence-electron chi connectivity index (χ3n) is 2.56. The summed E-state index contributed by atoms with van der Waals surface area (Å²) in [5.74, 6) is 2.21. The van der Waals surface area contributed by atoms with Crippen molar-refractivity contribution in [1.29, 1.82) is 0 Å². The van der Waals surface area contributed by atoms with E-state index in [1.807, 2.05) is 6.92 Å². The van der Waals surface area contributed by atoms with Crippen molar-refractivity contribution in [3.8, 4) is 0 Å². The van der Waals surface area contributed by atoms with E-state index in [1.54, 1.807) is 23.4 Å². The Bertz CT molecular complexity index is 422. The molecular weight excluding hydrogens is 268 g/mol. The minimum atomic E-state index is -0.393. The quantitative estimate of drug-likeness (QED) is 0.408. The van der Waals surface area contributed by atoms with Gasteiger partial charge >= 0.3 is 5.69 Å². The Kier molecular flexibility index (Phi) is 6.65. The second-order valence-corrected chi connectivity index (χ2v) is 5.20. The fourth-order valence-electron chi connectivity index (χ4n) is 1.70. The highest BCUT2D eigenvalue weighted by Crippen LogP contribution is 2.27. The van der Waals surface area contributed by atoms with Crippen LogP contribution in [0.15, 0.2) is 0 Å². The zero-order valence-electron chi connectivity index (χ0n) is 11.3. The number of nitrogens with zero attached hydrogens (tertiary/aromatic N) is 3. The molecule has 19 heavy (non-hydrogen) atoms. The third kappa shape index (κ3) is 4.39. The molecule has 7 nitrogen and oxygen atoms in total. The lowest BCUT2D eigenvalue weighted by Crippen LogP contribution is -2.11. The van der Waals surface area contributed by atoms with Gasteiger partial charge in [-0.05, 0) is 26.0 Å². The highest BCUT2D eigenvalue weighted by atomic mass is 32.2. The maximum absolute atomic E-state index is 11.0. The molecule has 0 spiro atoms. The summed E-state index contributed by atoms with van der Waals surface area (Å²) in [6.45, 7) is 4.98. The summed E-state index contributed by atoms with van der Waals surface area (Å²) >= 11 is 1.71. The maximum Gasteiger partial charge on any atom is 0.333 e. The van der Waals surface area contributed by atoms with Crippen LogP contribution in [0.4, 0.5) is 11.5 Å². The summed E-state index contributed by atoms with van der Waals surface area (Å²) in [4.78, 5) is 10.6. The number of aromatic nitrogens is 2. The summed E-state index contributed by atoms with van der Waals surface area (Å²) < 4.78 is 1.62. The van der Waals surface area contributed by atoms with Gasteiger partial charge in [0, 0.05) is 25.4 Å². The molecule has 2 N–H and O–H groups in total. The van der Waals surface area contributed by atoms with Crippen molar-refractivity contribution in [3.05, 3.63) is 15.8 Å². The van der Waals surface area contributed by atoms with Crippen LogP contribution in [-0.2, 0) is 6.54 Å². The van der Waals surface area contributed by atoms with Gasteiger partial charge in [0.2, 0.25) is 5.82 Å². The van der Waals surface area contributed by atoms with Crippen molar-refractivity contribution in [1.82, 2.24) is 9.78 Å². The fourth-order valence-corrected chi connectivity index (χ4v) is 2.49. The summed E-state index contributed by atoms with van der Waals surface area (Å²) in [5, 5.41) is 26.9. The lowest BCUT2D eigenvalue weighted by molar-refractivity contribution is -0.384. The Morgan fingerprint density at radius 3 is 2.84 bits per heavy atom. The summed E-state index contributed by atoms with van der Waals surface area (Å²) in [6.07, 6.45) is 0.775. The van der Waals surface area contributed by atoms with Crippen LogP contribution in [0.1, 0.15) is 19.0 Å². The van der Waals surface area contributed by atoms with Gasteiger partial charge in [-0.3, -0.25) is 10.1 Å². The molecule has 0 saturated heterocycles. The molecule has 108 valence electrons. The molecule has 0 saturated carbocycles. The van der Waals surface area contributed by atoms with Gasteiger partial charge in [0.25, 0.3) is 0 Å². The van der Waals surface area contributed by atoms with Gasteiger partial charge in [0.15, 0.2) is 0 Å². The van der Waals surface area contributed by atoms with E-state index in [1.165, 1.54) is 0 Å². The molecule has 0 fully saturated rings. The average molecular weight is 288 g/mol. The first kappa shape index (κ1) is 15.8. The predicted octanol–water partition coefficient (Wildman–Crippen LogP) is 1.65. The minimum absolute atomic E-state index is 0.0576. The fraction of sp³-hybridized carbons (Fsp3) is 0.727. The predicted molar refractivity (Wildman–Crippen MR) is 76.8 cm³/mol. The van der Waals surface area contributed by atoms with Crippen molar-refractivity contribution in [3.63, 3.8) is 0 Å². The van der Waals surface area contributed by atoms with Crippen LogP contribution in [0.5, 0.6) is 0 Å². The zero-order chi connectivity index (χ0) is 14.3. The van der Waals surface area contributed by atoms with Gasteiger partial charge in [-0.25, -0.2) is 4.68 Å². The SMILES string of the molecule is CCn1nc(C)c([N+](=O)[O-])c1NCCSCCCO. The van der Waals surface area contributed by atoms with Crippen molar-refractivity contribution in [2.45, 2.75) is 26.8 Å². The Balaban J connectivity index is 2.58. The highest BCUT2D eigenvalue weighted by molar-refractivity contribution is 7.99. The molecule has 0 radical (unpaired) electrons. The first-order chi connectivity index (χ1) is 9.11. The number of hydrogen-bond acceptors (Lipinski definition) is 6. The van der Waals surface area contributed by atoms with E-state index in [9.17, 15) is 10.1 Å². The van der Waals surface area contributed by atoms with Crippen molar-refractivity contribution in [2.75, 3.05) is 30.0 Å². The summed E-state index contributed by atoms with van der Waals surface area (Å²) in [7, 11) is 0. The number of aliphatic hydroxyl groups is 1. The van der Waals surface area contributed by atoms with Gasteiger partial charge in [0.1, 0.15) is 5.69 Å². The van der Waals surface area contributed by atoms with E-state index in [0.29, 0.717) is 24.6 Å². The van der Waals surface area contributed by atoms with E-state index in [4.69, 9.17) is 5.11 Å². The Morgan fingerprint density at radius 1 is 1.53 bits per heavy atom. The first-order valence-electron chi connectivity index (χ1n) is 6.26. The van der Waals surface area contributed by atoms with Gasteiger partial charge in [0.05, 0.1) is 4.92 Å². The first-order valence-corrected chi connectivity index (χ1v) is 7.41. The number of nitro groups is 1. The van der Waals surface area contributed by atoms with Crippen LogP contribution in [-0.4, -0.2) is 44.5 Å².